The van der Waals surface area contributed by atoms with Gasteiger partial charge in [0.2, 0.25) is 0 Å². The second-order valence-corrected chi connectivity index (χ2v) is 6.71. The minimum Gasteiger partial charge on any atom is -0.496 e. The van der Waals surface area contributed by atoms with Crippen LogP contribution in [-0.4, -0.2) is 22.9 Å². The average molecular weight is 373 g/mol. The van der Waals surface area contributed by atoms with Gasteiger partial charge in [0.15, 0.2) is 0 Å². The highest BCUT2D eigenvalue weighted by Crippen LogP contribution is 2.41. The van der Waals surface area contributed by atoms with Gasteiger partial charge in [0, 0.05) is 16.6 Å². The van der Waals surface area contributed by atoms with Crippen molar-refractivity contribution in [3.63, 3.8) is 0 Å². The first-order valence-corrected chi connectivity index (χ1v) is 8.84. The van der Waals surface area contributed by atoms with E-state index in [2.05, 4.69) is 0 Å². The highest BCUT2D eigenvalue weighted by Gasteiger charge is 2.34. The van der Waals surface area contributed by atoms with Gasteiger partial charge in [-0.1, -0.05) is 30.3 Å². The number of allylic oxidation sites excluding steroid dienone is 3. The molecule has 28 heavy (non-hydrogen) atoms. The Morgan fingerprint density at radius 1 is 1.18 bits per heavy atom. The van der Waals surface area contributed by atoms with Crippen LogP contribution in [0.4, 0.5) is 10.1 Å². The molecule has 0 atom stereocenters. The number of rotatable bonds is 3. The van der Waals surface area contributed by atoms with Crippen LogP contribution in [0.5, 0.6) is 5.75 Å². The van der Waals surface area contributed by atoms with Crippen molar-refractivity contribution in [2.24, 2.45) is 0 Å². The molecule has 0 saturated heterocycles. The smallest absolute Gasteiger partial charge is 0.262 e. The summed E-state index contributed by atoms with van der Waals surface area (Å²) in [7, 11) is 1.50. The van der Waals surface area contributed by atoms with Crippen LogP contribution in [0.15, 0.2) is 60.3 Å². The van der Waals surface area contributed by atoms with E-state index in [1.165, 1.54) is 13.2 Å². The molecule has 3 aromatic rings. The van der Waals surface area contributed by atoms with Crippen molar-refractivity contribution in [2.45, 2.75) is 6.54 Å². The van der Waals surface area contributed by atoms with Gasteiger partial charge in [-0.25, -0.2) is 9.37 Å². The molecule has 0 radical (unpaired) electrons. The molecule has 2 aromatic carbocycles. The summed E-state index contributed by atoms with van der Waals surface area (Å²) >= 11 is 0. The van der Waals surface area contributed by atoms with Gasteiger partial charge in [0.25, 0.3) is 5.91 Å². The van der Waals surface area contributed by atoms with Crippen LogP contribution in [-0.2, 0) is 6.54 Å². The molecule has 0 spiro atoms. The maximum absolute atomic E-state index is 14.7. The van der Waals surface area contributed by atoms with Crippen LogP contribution >= 0.6 is 0 Å². The van der Waals surface area contributed by atoms with Gasteiger partial charge in [-0.05, 0) is 24.3 Å². The molecule has 0 saturated carbocycles. The van der Waals surface area contributed by atoms with Crippen molar-refractivity contribution in [3.05, 3.63) is 77.4 Å². The standard InChI is InChI=1S/C22H16FN3O2/c1-28-17-10-4-9-15(23)18(17)13-7-3-8-14-20(24)19-16(25-21(13)14)11-26(22(19)27)12-5-2-6-12/h2-10H,11H2,1H3,(H2,24,25). The number of aromatic nitrogens is 1. The molecule has 6 heteroatoms. The summed E-state index contributed by atoms with van der Waals surface area (Å²) in [5.41, 5.74) is 10.1. The molecular weight excluding hydrogens is 357 g/mol. The Kier molecular flexibility index (Phi) is 3.49. The second kappa shape index (κ2) is 5.92. The molecule has 2 heterocycles. The van der Waals surface area contributed by atoms with Gasteiger partial charge in [-0.3, -0.25) is 4.79 Å². The number of ether oxygens (including phenoxy) is 1. The number of para-hydroxylation sites is 1. The summed E-state index contributed by atoms with van der Waals surface area (Å²) in [5, 5.41) is 0.620. The lowest BCUT2D eigenvalue weighted by molar-refractivity contribution is 0.0831. The van der Waals surface area contributed by atoms with E-state index in [0.717, 1.165) is 5.70 Å². The van der Waals surface area contributed by atoms with Gasteiger partial charge in [-0.15, -0.1) is 0 Å². The van der Waals surface area contributed by atoms with Gasteiger partial charge in [-0.2, -0.15) is 0 Å². The lowest BCUT2D eigenvalue weighted by Crippen LogP contribution is -2.24. The quantitative estimate of drug-likeness (QED) is 0.752. The number of nitrogens with two attached hydrogens (primary N) is 1. The molecule has 0 fully saturated rings. The maximum Gasteiger partial charge on any atom is 0.262 e. The van der Waals surface area contributed by atoms with Gasteiger partial charge >= 0.3 is 0 Å². The first-order valence-electron chi connectivity index (χ1n) is 8.84. The van der Waals surface area contributed by atoms with Crippen LogP contribution in [0, 0.1) is 5.82 Å². The van der Waals surface area contributed by atoms with Crippen LogP contribution in [0.3, 0.4) is 0 Å². The molecule has 2 aliphatic rings. The number of fused-ring (bicyclic) bond motifs is 2. The molecule has 1 aliphatic heterocycles. The topological polar surface area (TPSA) is 68.5 Å². The third-order valence-corrected chi connectivity index (χ3v) is 5.21. The van der Waals surface area contributed by atoms with E-state index in [1.807, 2.05) is 18.2 Å². The fourth-order valence-corrected chi connectivity index (χ4v) is 3.78. The molecule has 1 amide bonds. The number of pyridine rings is 1. The monoisotopic (exact) mass is 373 g/mol. The van der Waals surface area contributed by atoms with Crippen LogP contribution < -0.4 is 10.5 Å². The number of anilines is 1. The fraction of sp³-hybridized carbons (Fsp3) is 0.0909. The zero-order valence-electron chi connectivity index (χ0n) is 15.1. The Balaban J connectivity index is 1.76. The predicted molar refractivity (Wildman–Crippen MR) is 105 cm³/mol. The SMILES string of the molecule is COc1cccc(F)c1-c1cccc2c(N)c3c(nc12)CN(C1=CC=C1)C3=O. The number of carbonyl (C=O) groups excluding carboxylic acids is 1. The molecular formula is C22H16FN3O2. The summed E-state index contributed by atoms with van der Waals surface area (Å²) in [6.45, 7) is 0.340. The lowest BCUT2D eigenvalue weighted by atomic mass is 9.98. The third kappa shape index (κ3) is 2.18. The lowest BCUT2D eigenvalue weighted by Gasteiger charge is -2.19. The number of nitrogens with zero attached hydrogens (tertiary/aromatic N) is 2. The van der Waals surface area contributed by atoms with E-state index in [4.69, 9.17) is 15.5 Å². The number of amides is 1. The van der Waals surface area contributed by atoms with Crippen molar-refractivity contribution in [1.82, 2.24) is 9.88 Å². The van der Waals surface area contributed by atoms with E-state index >= 15 is 0 Å². The molecule has 5 rings (SSSR count). The van der Waals surface area contributed by atoms with Crippen molar-refractivity contribution in [1.29, 1.82) is 0 Å². The minimum absolute atomic E-state index is 0.161. The molecule has 0 unspecified atom stereocenters. The fourth-order valence-electron chi connectivity index (χ4n) is 3.78. The van der Waals surface area contributed by atoms with Crippen molar-refractivity contribution < 1.29 is 13.9 Å². The molecule has 0 bridgehead atoms. The largest absolute Gasteiger partial charge is 0.496 e. The normalized spacial score (nSPS) is 14.9. The number of benzene rings is 2. The summed E-state index contributed by atoms with van der Waals surface area (Å²) in [6.07, 6.45) is 5.62. The highest BCUT2D eigenvalue weighted by molar-refractivity contribution is 6.12. The van der Waals surface area contributed by atoms with Crippen LogP contribution in [0.25, 0.3) is 22.0 Å². The molecule has 2 N–H and O–H groups in total. The van der Waals surface area contributed by atoms with Crippen LogP contribution in [0.1, 0.15) is 16.1 Å². The van der Waals surface area contributed by atoms with Crippen molar-refractivity contribution in [3.8, 4) is 16.9 Å². The van der Waals surface area contributed by atoms with E-state index < -0.39 is 5.82 Å². The number of nitrogen functional groups attached to an aromatic ring is 1. The Morgan fingerprint density at radius 3 is 2.68 bits per heavy atom. The van der Waals surface area contributed by atoms with Crippen LogP contribution in [0.2, 0.25) is 0 Å². The molecule has 5 nitrogen and oxygen atoms in total. The van der Waals surface area contributed by atoms with E-state index in [0.29, 0.717) is 51.3 Å². The molecule has 138 valence electrons. The Bertz CT molecular complexity index is 1230. The van der Waals surface area contributed by atoms with Gasteiger partial charge in [0.1, 0.15) is 11.6 Å². The minimum atomic E-state index is -0.407. The second-order valence-electron chi connectivity index (χ2n) is 6.71. The number of hydrogen-bond acceptors (Lipinski definition) is 4. The Labute approximate surface area is 160 Å². The molecule has 1 aliphatic carbocycles. The van der Waals surface area contributed by atoms with E-state index in [9.17, 15) is 9.18 Å². The summed E-state index contributed by atoms with van der Waals surface area (Å²) < 4.78 is 20.1. The zero-order valence-corrected chi connectivity index (χ0v) is 15.1. The number of hydrogen-bond donors (Lipinski definition) is 1. The zero-order chi connectivity index (χ0) is 19.4. The first kappa shape index (κ1) is 16.5. The van der Waals surface area contributed by atoms with E-state index in [-0.39, 0.29) is 5.91 Å². The number of halogens is 1. The summed E-state index contributed by atoms with van der Waals surface area (Å²) in [4.78, 5) is 19.2. The van der Waals surface area contributed by atoms with Gasteiger partial charge < -0.3 is 15.4 Å². The first-order chi connectivity index (χ1) is 13.6. The Morgan fingerprint density at radius 2 is 1.96 bits per heavy atom. The predicted octanol–water partition coefficient (Wildman–Crippen LogP) is 4.04. The summed E-state index contributed by atoms with van der Waals surface area (Å²) in [6, 6.07) is 10.0. The molecule has 1 aromatic heterocycles. The van der Waals surface area contributed by atoms with Crippen molar-refractivity contribution >= 4 is 22.5 Å². The highest BCUT2D eigenvalue weighted by atomic mass is 19.1. The number of carbonyl (C=O) groups is 1. The van der Waals surface area contributed by atoms with Gasteiger partial charge in [0.05, 0.1) is 41.7 Å². The Hall–Kier alpha value is -3.67. The average Bonchev–Trinajstić information content (AvgIpc) is 2.96. The van der Waals surface area contributed by atoms with Crippen molar-refractivity contribution in [2.75, 3.05) is 12.8 Å². The number of methoxy groups -OCH3 is 1. The van der Waals surface area contributed by atoms with E-state index in [1.54, 1.807) is 35.2 Å². The summed E-state index contributed by atoms with van der Waals surface area (Å²) in [5.74, 6) is -0.155. The third-order valence-electron chi connectivity index (χ3n) is 5.21. The maximum atomic E-state index is 14.7.